The van der Waals surface area contributed by atoms with Gasteiger partial charge in [-0.05, 0) is 19.4 Å². The van der Waals surface area contributed by atoms with Crippen molar-refractivity contribution in [3.05, 3.63) is 59.5 Å². The number of nitrogens with zero attached hydrogens (tertiary/aromatic N) is 4. The van der Waals surface area contributed by atoms with Crippen molar-refractivity contribution in [3.63, 3.8) is 0 Å². The van der Waals surface area contributed by atoms with Crippen molar-refractivity contribution in [2.24, 2.45) is 0 Å². The van der Waals surface area contributed by atoms with Gasteiger partial charge in [-0.15, -0.1) is 0 Å². The number of carbonyl (C=O) groups is 1. The molecule has 2 aromatic heterocycles. The van der Waals surface area contributed by atoms with Crippen LogP contribution in [0.25, 0.3) is 11.3 Å². The second-order valence-corrected chi connectivity index (χ2v) is 6.43. The highest BCUT2D eigenvalue weighted by Gasteiger charge is 2.23. The molecule has 0 spiro atoms. The Hall–Kier alpha value is -2.89. The topological polar surface area (TPSA) is 66.8 Å². The van der Waals surface area contributed by atoms with Gasteiger partial charge in [0, 0.05) is 42.5 Å². The van der Waals surface area contributed by atoms with Gasteiger partial charge in [-0.3, -0.25) is 14.6 Å². The van der Waals surface area contributed by atoms with Crippen molar-refractivity contribution in [2.75, 3.05) is 13.1 Å². The summed E-state index contributed by atoms with van der Waals surface area (Å²) in [4.78, 5) is 14.5. The van der Waals surface area contributed by atoms with Crippen LogP contribution < -0.4 is 0 Å². The molecule has 0 atom stereocenters. The predicted molar refractivity (Wildman–Crippen MR) is 95.0 cm³/mol. The van der Waals surface area contributed by atoms with E-state index >= 15 is 0 Å². The smallest absolute Gasteiger partial charge is 0.244 e. The summed E-state index contributed by atoms with van der Waals surface area (Å²) >= 11 is 0. The first kappa shape index (κ1) is 15.6. The summed E-state index contributed by atoms with van der Waals surface area (Å²) in [6.45, 7) is 3.65. The molecule has 0 unspecified atom stereocenters. The highest BCUT2D eigenvalue weighted by molar-refractivity contribution is 5.76. The van der Waals surface area contributed by atoms with E-state index in [1.165, 1.54) is 5.56 Å². The molecule has 4 rings (SSSR count). The van der Waals surface area contributed by atoms with Gasteiger partial charge in [0.1, 0.15) is 6.54 Å². The average Bonchev–Trinajstić information content (AvgIpc) is 3.15. The molecule has 0 saturated carbocycles. The molecule has 6 heteroatoms. The van der Waals surface area contributed by atoms with Gasteiger partial charge in [0.25, 0.3) is 0 Å². The van der Waals surface area contributed by atoms with Crippen LogP contribution in [0.2, 0.25) is 0 Å². The van der Waals surface area contributed by atoms with Crippen LogP contribution in [0.5, 0.6) is 0 Å². The molecule has 0 aliphatic carbocycles. The maximum atomic E-state index is 12.6. The molecule has 0 bridgehead atoms. The average molecular weight is 335 g/mol. The number of aryl methyl sites for hydroxylation is 1. The summed E-state index contributed by atoms with van der Waals surface area (Å²) in [6, 6.07) is 12.1. The normalized spacial score (nSPS) is 14.2. The molecule has 25 heavy (non-hydrogen) atoms. The minimum atomic E-state index is 0.113. The van der Waals surface area contributed by atoms with Gasteiger partial charge in [-0.1, -0.05) is 30.3 Å². The number of H-pyrrole nitrogens is 1. The van der Waals surface area contributed by atoms with Gasteiger partial charge in [-0.2, -0.15) is 10.2 Å². The Bertz CT molecular complexity index is 880. The number of aromatic amines is 1. The fourth-order valence-electron chi connectivity index (χ4n) is 3.36. The number of rotatable bonds is 3. The van der Waals surface area contributed by atoms with Crippen molar-refractivity contribution in [1.29, 1.82) is 0 Å². The van der Waals surface area contributed by atoms with Crippen LogP contribution in [0.4, 0.5) is 0 Å². The van der Waals surface area contributed by atoms with Crippen molar-refractivity contribution in [3.8, 4) is 11.3 Å². The zero-order valence-corrected chi connectivity index (χ0v) is 14.3. The highest BCUT2D eigenvalue weighted by atomic mass is 16.2. The van der Waals surface area contributed by atoms with E-state index in [0.717, 1.165) is 35.5 Å². The second-order valence-electron chi connectivity index (χ2n) is 6.43. The van der Waals surface area contributed by atoms with Gasteiger partial charge >= 0.3 is 0 Å². The maximum absolute atomic E-state index is 12.6. The third-order valence-corrected chi connectivity index (χ3v) is 4.69. The molecule has 1 amide bonds. The number of aromatic nitrogens is 4. The molecular formula is C19H21N5O. The van der Waals surface area contributed by atoms with Gasteiger partial charge in [0.05, 0.1) is 11.4 Å². The van der Waals surface area contributed by atoms with Gasteiger partial charge in [-0.25, -0.2) is 0 Å². The third kappa shape index (κ3) is 3.20. The summed E-state index contributed by atoms with van der Waals surface area (Å²) < 4.78 is 1.71. The molecule has 6 nitrogen and oxygen atoms in total. The Balaban J connectivity index is 1.49. The van der Waals surface area contributed by atoms with Crippen LogP contribution >= 0.6 is 0 Å². The third-order valence-electron chi connectivity index (χ3n) is 4.69. The molecule has 0 radical (unpaired) electrons. The lowest BCUT2D eigenvalue weighted by Gasteiger charge is -2.20. The largest absolute Gasteiger partial charge is 0.340 e. The van der Waals surface area contributed by atoms with E-state index in [2.05, 4.69) is 27.4 Å². The van der Waals surface area contributed by atoms with Crippen LogP contribution in [0.15, 0.2) is 42.6 Å². The molecule has 0 saturated heterocycles. The first-order valence-corrected chi connectivity index (χ1v) is 8.60. The Morgan fingerprint density at radius 2 is 1.96 bits per heavy atom. The molecule has 3 aromatic rings. The summed E-state index contributed by atoms with van der Waals surface area (Å²) in [6.07, 6.45) is 3.48. The second kappa shape index (κ2) is 6.55. The van der Waals surface area contributed by atoms with E-state index in [1.807, 2.05) is 42.3 Å². The Morgan fingerprint density at radius 1 is 1.16 bits per heavy atom. The first-order valence-electron chi connectivity index (χ1n) is 8.60. The summed E-state index contributed by atoms with van der Waals surface area (Å²) in [5, 5.41) is 12.0. The zero-order chi connectivity index (χ0) is 17.2. The minimum Gasteiger partial charge on any atom is -0.340 e. The number of carbonyl (C=O) groups excluding carboxylic acids is 1. The van der Waals surface area contributed by atoms with E-state index in [-0.39, 0.29) is 5.91 Å². The van der Waals surface area contributed by atoms with E-state index in [4.69, 9.17) is 0 Å². The van der Waals surface area contributed by atoms with Crippen molar-refractivity contribution in [2.45, 2.75) is 26.3 Å². The fourth-order valence-corrected chi connectivity index (χ4v) is 3.36. The molecule has 0 fully saturated rings. The van der Waals surface area contributed by atoms with Crippen LogP contribution in [0, 0.1) is 6.92 Å². The molecule has 1 aromatic carbocycles. The molecule has 1 N–H and O–H groups in total. The van der Waals surface area contributed by atoms with E-state index in [9.17, 15) is 4.79 Å². The van der Waals surface area contributed by atoms with E-state index in [1.54, 1.807) is 4.68 Å². The molecule has 128 valence electrons. The Labute approximate surface area is 146 Å². The number of nitrogens with one attached hydrogen (secondary N) is 1. The Kier molecular flexibility index (Phi) is 4.09. The lowest BCUT2D eigenvalue weighted by molar-refractivity contribution is -0.131. The predicted octanol–water partition coefficient (Wildman–Crippen LogP) is 2.21. The molecule has 3 heterocycles. The monoisotopic (exact) mass is 335 g/mol. The quantitative estimate of drug-likeness (QED) is 0.798. The van der Waals surface area contributed by atoms with E-state index in [0.29, 0.717) is 19.6 Å². The lowest BCUT2D eigenvalue weighted by Crippen LogP contribution is -2.36. The maximum Gasteiger partial charge on any atom is 0.244 e. The summed E-state index contributed by atoms with van der Waals surface area (Å²) in [7, 11) is 0. The van der Waals surface area contributed by atoms with Crippen LogP contribution in [-0.4, -0.2) is 43.9 Å². The summed E-state index contributed by atoms with van der Waals surface area (Å²) in [5.41, 5.74) is 5.43. The standard InChI is InChI=1S/C19H21N5O/c1-14-7-12-24(22-14)13-18(25)23-10-8-16-17(9-11-23)20-21-19(16)15-5-3-2-4-6-15/h2-7,12H,8-11,13H2,1H3,(H,20,21). The van der Waals surface area contributed by atoms with Crippen LogP contribution in [0.1, 0.15) is 17.0 Å². The molecular weight excluding hydrogens is 314 g/mol. The first-order chi connectivity index (χ1) is 12.2. The van der Waals surface area contributed by atoms with Crippen molar-refractivity contribution >= 4 is 5.91 Å². The Morgan fingerprint density at radius 3 is 2.72 bits per heavy atom. The van der Waals surface area contributed by atoms with Gasteiger partial charge < -0.3 is 4.90 Å². The van der Waals surface area contributed by atoms with Gasteiger partial charge in [0.15, 0.2) is 0 Å². The minimum absolute atomic E-state index is 0.113. The lowest BCUT2D eigenvalue weighted by atomic mass is 10.0. The molecule has 1 aliphatic rings. The van der Waals surface area contributed by atoms with E-state index < -0.39 is 0 Å². The number of amides is 1. The fraction of sp³-hybridized carbons (Fsp3) is 0.316. The highest BCUT2D eigenvalue weighted by Crippen LogP contribution is 2.26. The molecule has 1 aliphatic heterocycles. The number of fused-ring (bicyclic) bond motifs is 1. The van der Waals surface area contributed by atoms with Crippen LogP contribution in [-0.2, 0) is 24.2 Å². The van der Waals surface area contributed by atoms with Crippen LogP contribution in [0.3, 0.4) is 0 Å². The van der Waals surface area contributed by atoms with Gasteiger partial charge in [0.2, 0.25) is 5.91 Å². The SMILES string of the molecule is Cc1ccn(CC(=O)N2CCc3[nH]nc(-c4ccccc4)c3CC2)n1. The zero-order valence-electron chi connectivity index (χ0n) is 14.3. The number of hydrogen-bond acceptors (Lipinski definition) is 3. The number of benzene rings is 1. The summed E-state index contributed by atoms with van der Waals surface area (Å²) in [5.74, 6) is 0.113. The number of hydrogen-bond donors (Lipinski definition) is 1. The van der Waals surface area contributed by atoms with Crippen molar-refractivity contribution < 1.29 is 4.79 Å². The van der Waals surface area contributed by atoms with Crippen molar-refractivity contribution in [1.82, 2.24) is 24.9 Å².